The van der Waals surface area contributed by atoms with E-state index in [2.05, 4.69) is 12.1 Å². The Kier molecular flexibility index (Phi) is 6.35. The van der Waals surface area contributed by atoms with Gasteiger partial charge < -0.3 is 4.74 Å². The third-order valence-electron chi connectivity index (χ3n) is 5.82. The molecule has 0 bridgehead atoms. The maximum absolute atomic E-state index is 13.3. The van der Waals surface area contributed by atoms with Gasteiger partial charge in [0.05, 0.1) is 6.61 Å². The number of hydrogen-bond acceptors (Lipinski definition) is 4. The van der Waals surface area contributed by atoms with Crippen molar-refractivity contribution in [2.75, 3.05) is 6.61 Å². The number of amides is 2. The van der Waals surface area contributed by atoms with Crippen molar-refractivity contribution in [2.45, 2.75) is 53.5 Å². The van der Waals surface area contributed by atoms with Crippen LogP contribution in [-0.2, 0) is 25.5 Å². The molecule has 5 heteroatoms. The van der Waals surface area contributed by atoms with Gasteiger partial charge in [-0.3, -0.25) is 19.3 Å². The zero-order chi connectivity index (χ0) is 22.8. The van der Waals surface area contributed by atoms with Gasteiger partial charge in [-0.15, -0.1) is 0 Å². The van der Waals surface area contributed by atoms with Crippen LogP contribution in [0.5, 0.6) is 0 Å². The number of ether oxygens (including phenoxy) is 1. The number of nitrogens with zero attached hydrogens (tertiary/aromatic N) is 1. The molecule has 0 radical (unpaired) electrons. The van der Waals surface area contributed by atoms with Crippen molar-refractivity contribution in [1.82, 2.24) is 4.90 Å². The van der Waals surface area contributed by atoms with E-state index in [0.717, 1.165) is 16.7 Å². The Hall–Kier alpha value is -2.95. The number of imide groups is 1. The molecule has 0 aliphatic carbocycles. The van der Waals surface area contributed by atoms with Crippen LogP contribution in [-0.4, -0.2) is 35.3 Å². The average Bonchev–Trinajstić information content (AvgIpc) is 2.99. The molecular formula is C26H31NO4. The van der Waals surface area contributed by atoms with E-state index in [1.165, 1.54) is 4.90 Å². The lowest BCUT2D eigenvalue weighted by atomic mass is 9.86. The molecule has 0 spiro atoms. The molecule has 1 heterocycles. The number of carbonyl (C=O) groups excluding carboxylic acids is 3. The molecule has 1 fully saturated rings. The first-order valence-corrected chi connectivity index (χ1v) is 10.8. The summed E-state index contributed by atoms with van der Waals surface area (Å²) in [5.74, 6) is -1.29. The quantitative estimate of drug-likeness (QED) is 0.521. The molecule has 5 nitrogen and oxygen atoms in total. The Morgan fingerprint density at radius 3 is 2.16 bits per heavy atom. The normalized spacial score (nSPS) is 21.3. The van der Waals surface area contributed by atoms with Crippen LogP contribution in [0.3, 0.4) is 0 Å². The lowest BCUT2D eigenvalue weighted by Crippen LogP contribution is -2.48. The lowest BCUT2D eigenvalue weighted by molar-refractivity contribution is -0.162. The van der Waals surface area contributed by atoms with Crippen LogP contribution < -0.4 is 0 Å². The van der Waals surface area contributed by atoms with Gasteiger partial charge in [0.15, 0.2) is 0 Å². The molecule has 2 aromatic carbocycles. The van der Waals surface area contributed by atoms with Gasteiger partial charge in [-0.1, -0.05) is 75.4 Å². The van der Waals surface area contributed by atoms with Gasteiger partial charge in [-0.25, -0.2) is 0 Å². The van der Waals surface area contributed by atoms with Gasteiger partial charge in [0.25, 0.3) is 0 Å². The summed E-state index contributed by atoms with van der Waals surface area (Å²) in [6.07, 6.45) is 0.755. The fourth-order valence-electron chi connectivity index (χ4n) is 4.06. The van der Waals surface area contributed by atoms with E-state index in [1.54, 1.807) is 34.6 Å². The summed E-state index contributed by atoms with van der Waals surface area (Å²) in [7, 11) is 0. The number of likely N-dealkylation sites (tertiary alicyclic amines) is 1. The van der Waals surface area contributed by atoms with E-state index in [-0.39, 0.29) is 18.9 Å². The summed E-state index contributed by atoms with van der Waals surface area (Å²) in [6, 6.07) is 17.8. The maximum atomic E-state index is 13.3. The predicted molar refractivity (Wildman–Crippen MR) is 120 cm³/mol. The smallest absolute Gasteiger partial charge is 0.321 e. The van der Waals surface area contributed by atoms with E-state index < -0.39 is 28.7 Å². The minimum atomic E-state index is -1.34. The summed E-state index contributed by atoms with van der Waals surface area (Å²) in [5.41, 5.74) is 1.17. The monoisotopic (exact) mass is 421 g/mol. The van der Waals surface area contributed by atoms with E-state index in [1.807, 2.05) is 42.5 Å². The molecule has 1 aliphatic heterocycles. The second-order valence-electron chi connectivity index (χ2n) is 9.41. The minimum Gasteiger partial charge on any atom is -0.465 e. The Labute approximate surface area is 184 Å². The van der Waals surface area contributed by atoms with Crippen LogP contribution in [0.15, 0.2) is 54.6 Å². The zero-order valence-electron chi connectivity index (χ0n) is 19.0. The number of benzene rings is 2. The zero-order valence-corrected chi connectivity index (χ0v) is 19.0. The second-order valence-corrected chi connectivity index (χ2v) is 9.41. The molecule has 0 saturated carbocycles. The second kappa shape index (κ2) is 8.66. The van der Waals surface area contributed by atoms with E-state index >= 15 is 0 Å². The van der Waals surface area contributed by atoms with Crippen molar-refractivity contribution in [3.63, 3.8) is 0 Å². The number of rotatable bonds is 5. The minimum absolute atomic E-state index is 0.195. The summed E-state index contributed by atoms with van der Waals surface area (Å²) in [6.45, 7) is 8.86. The highest BCUT2D eigenvalue weighted by molar-refractivity contribution is 6.11. The molecule has 0 aromatic heterocycles. The van der Waals surface area contributed by atoms with Gasteiger partial charge in [0.2, 0.25) is 11.8 Å². The molecule has 3 rings (SSSR count). The number of carbonyl (C=O) groups is 3. The van der Waals surface area contributed by atoms with Crippen LogP contribution in [0.4, 0.5) is 0 Å². The van der Waals surface area contributed by atoms with Crippen molar-refractivity contribution in [3.8, 4) is 11.1 Å². The van der Waals surface area contributed by atoms with Gasteiger partial charge in [-0.05, 0) is 43.4 Å². The molecule has 2 amide bonds. The highest BCUT2D eigenvalue weighted by Gasteiger charge is 2.57. The number of esters is 1. The Morgan fingerprint density at radius 2 is 1.61 bits per heavy atom. The molecule has 1 aliphatic rings. The topological polar surface area (TPSA) is 63.7 Å². The molecule has 31 heavy (non-hydrogen) atoms. The van der Waals surface area contributed by atoms with Crippen molar-refractivity contribution in [3.05, 3.63) is 60.2 Å². The Morgan fingerprint density at radius 1 is 1.03 bits per heavy atom. The van der Waals surface area contributed by atoms with Gasteiger partial charge >= 0.3 is 5.97 Å². The van der Waals surface area contributed by atoms with Crippen molar-refractivity contribution < 1.29 is 19.1 Å². The van der Waals surface area contributed by atoms with Crippen molar-refractivity contribution in [2.24, 2.45) is 10.8 Å². The van der Waals surface area contributed by atoms with Gasteiger partial charge in [0.1, 0.15) is 5.41 Å². The summed E-state index contributed by atoms with van der Waals surface area (Å²) in [5, 5.41) is 0. The van der Waals surface area contributed by atoms with Crippen molar-refractivity contribution in [1.29, 1.82) is 0 Å². The van der Waals surface area contributed by atoms with Gasteiger partial charge in [-0.2, -0.15) is 0 Å². The molecule has 2 aromatic rings. The van der Waals surface area contributed by atoms with Crippen LogP contribution in [0.25, 0.3) is 11.1 Å². The molecule has 0 N–H and O–H groups in total. The van der Waals surface area contributed by atoms with E-state index in [9.17, 15) is 14.4 Å². The highest BCUT2D eigenvalue weighted by Crippen LogP contribution is 2.40. The summed E-state index contributed by atoms with van der Waals surface area (Å²) >= 11 is 0. The first-order chi connectivity index (χ1) is 14.6. The van der Waals surface area contributed by atoms with Gasteiger partial charge in [0, 0.05) is 11.5 Å². The molecule has 164 valence electrons. The van der Waals surface area contributed by atoms with Crippen LogP contribution >= 0.6 is 0 Å². The largest absolute Gasteiger partial charge is 0.465 e. The third kappa shape index (κ3) is 4.55. The molecule has 0 unspecified atom stereocenters. The standard InChI is InChI=1S/C26H31NO4/c1-6-31-24(30)26(5)17-21(27(23(26)29)22(28)25(2,3)4)16-18-12-14-20(15-13-18)19-10-8-7-9-11-19/h7-15,21H,6,16-17H2,1-5H3/t21-,26+/m1/s1. The Bertz CT molecular complexity index is 959. The molecule has 2 atom stereocenters. The van der Waals surface area contributed by atoms with E-state index in [4.69, 9.17) is 4.74 Å². The molecular weight excluding hydrogens is 390 g/mol. The van der Waals surface area contributed by atoms with Crippen LogP contribution in [0, 0.1) is 10.8 Å². The highest BCUT2D eigenvalue weighted by atomic mass is 16.5. The first kappa shape index (κ1) is 22.7. The summed E-state index contributed by atoms with van der Waals surface area (Å²) < 4.78 is 5.18. The lowest BCUT2D eigenvalue weighted by Gasteiger charge is -2.29. The summed E-state index contributed by atoms with van der Waals surface area (Å²) in [4.78, 5) is 40.3. The Balaban J connectivity index is 1.89. The molecule has 1 saturated heterocycles. The van der Waals surface area contributed by atoms with Crippen molar-refractivity contribution >= 4 is 17.8 Å². The predicted octanol–water partition coefficient (Wildman–Crippen LogP) is 4.64. The van der Waals surface area contributed by atoms with Crippen LogP contribution in [0.1, 0.15) is 46.6 Å². The van der Waals surface area contributed by atoms with E-state index in [0.29, 0.717) is 6.42 Å². The fourth-order valence-corrected chi connectivity index (χ4v) is 4.06. The fraction of sp³-hybridized carbons (Fsp3) is 0.423. The number of hydrogen-bond donors (Lipinski definition) is 0. The third-order valence-corrected chi connectivity index (χ3v) is 5.82. The SMILES string of the molecule is CCOC(=O)[C@@]1(C)C[C@@H](Cc2ccc(-c3ccccc3)cc2)N(C(=O)C(C)(C)C)C1=O. The average molecular weight is 422 g/mol. The maximum Gasteiger partial charge on any atom is 0.321 e. The van der Waals surface area contributed by atoms with Crippen LogP contribution in [0.2, 0.25) is 0 Å². The first-order valence-electron chi connectivity index (χ1n) is 10.8.